The second-order valence-corrected chi connectivity index (χ2v) is 6.26. The zero-order chi connectivity index (χ0) is 18.1. The highest BCUT2D eigenvalue weighted by atomic mass is 19.1. The van der Waals surface area contributed by atoms with Crippen LogP contribution in [0.4, 0.5) is 4.39 Å². The van der Waals surface area contributed by atoms with E-state index in [4.69, 9.17) is 15.6 Å². The van der Waals surface area contributed by atoms with Crippen molar-refractivity contribution in [3.8, 4) is 5.75 Å². The number of halogens is 1. The number of carbonyl (C=O) groups is 2. The molecule has 1 atom stereocenters. The Kier molecular flexibility index (Phi) is 8.22. The predicted octanol–water partition coefficient (Wildman–Crippen LogP) is 3.21. The first-order valence-electron chi connectivity index (χ1n) is 8.21. The Bertz CT molecular complexity index is 574. The van der Waals surface area contributed by atoms with Crippen molar-refractivity contribution in [1.29, 1.82) is 0 Å². The summed E-state index contributed by atoms with van der Waals surface area (Å²) >= 11 is 0. The summed E-state index contributed by atoms with van der Waals surface area (Å²) in [6.07, 6.45) is 2.59. The molecular weight excluding hydrogens is 313 g/mol. The molecule has 0 bridgehead atoms. The molecule has 134 valence electrons. The molecule has 0 aliphatic heterocycles. The van der Waals surface area contributed by atoms with Crippen LogP contribution in [0, 0.1) is 18.7 Å². The molecule has 0 aliphatic rings. The van der Waals surface area contributed by atoms with E-state index < -0.39 is 11.8 Å². The van der Waals surface area contributed by atoms with Gasteiger partial charge in [0, 0.05) is 12.8 Å². The van der Waals surface area contributed by atoms with Crippen molar-refractivity contribution >= 4 is 11.9 Å². The standard InChI is InChI=1S/C18H26FNO4/c1-12(7-8-16(20)21)11-24-15-10-13(2)9-14(18(15)19)5-3-4-6-17(22)23/h9-10,12H,3-8,11H2,1-2H3,(H2,20,21)(H,22,23)/t12-/m0/s1. The van der Waals surface area contributed by atoms with E-state index in [-0.39, 0.29) is 30.4 Å². The van der Waals surface area contributed by atoms with Gasteiger partial charge in [-0.3, -0.25) is 9.59 Å². The fraction of sp³-hybridized carbons (Fsp3) is 0.556. The Balaban J connectivity index is 2.61. The quantitative estimate of drug-likeness (QED) is 0.606. The number of carboxylic acid groups (broad SMARTS) is 1. The third kappa shape index (κ3) is 7.44. The van der Waals surface area contributed by atoms with Crippen LogP contribution in [0.5, 0.6) is 5.75 Å². The normalized spacial score (nSPS) is 12.0. The lowest BCUT2D eigenvalue weighted by Gasteiger charge is -2.15. The molecule has 6 heteroatoms. The molecule has 0 aliphatic carbocycles. The Morgan fingerprint density at radius 3 is 2.62 bits per heavy atom. The maximum Gasteiger partial charge on any atom is 0.303 e. The van der Waals surface area contributed by atoms with Gasteiger partial charge in [-0.15, -0.1) is 0 Å². The average molecular weight is 339 g/mol. The molecule has 0 spiro atoms. The topological polar surface area (TPSA) is 89.6 Å². The number of ether oxygens (including phenoxy) is 1. The van der Waals surface area contributed by atoms with Crippen molar-refractivity contribution in [2.45, 2.75) is 52.4 Å². The molecule has 1 amide bonds. The van der Waals surface area contributed by atoms with Gasteiger partial charge in [-0.1, -0.05) is 13.0 Å². The summed E-state index contributed by atoms with van der Waals surface area (Å²) in [5, 5.41) is 8.63. The van der Waals surface area contributed by atoms with E-state index in [1.54, 1.807) is 12.1 Å². The Labute approximate surface area is 142 Å². The molecule has 0 unspecified atom stereocenters. The summed E-state index contributed by atoms with van der Waals surface area (Å²) in [7, 11) is 0. The minimum Gasteiger partial charge on any atom is -0.490 e. The second-order valence-electron chi connectivity index (χ2n) is 6.26. The number of aliphatic carboxylic acids is 1. The molecule has 1 aromatic rings. The number of benzene rings is 1. The Morgan fingerprint density at radius 2 is 2.00 bits per heavy atom. The number of carboxylic acids is 1. The van der Waals surface area contributed by atoms with Gasteiger partial charge >= 0.3 is 5.97 Å². The molecule has 1 rings (SSSR count). The van der Waals surface area contributed by atoms with Crippen LogP contribution in [0.15, 0.2) is 12.1 Å². The third-order valence-corrected chi connectivity index (χ3v) is 3.75. The van der Waals surface area contributed by atoms with Crippen LogP contribution in [0.1, 0.15) is 50.2 Å². The molecule has 0 fully saturated rings. The van der Waals surface area contributed by atoms with Gasteiger partial charge < -0.3 is 15.6 Å². The highest BCUT2D eigenvalue weighted by Crippen LogP contribution is 2.25. The number of amides is 1. The van der Waals surface area contributed by atoms with Crippen LogP contribution in [0.3, 0.4) is 0 Å². The zero-order valence-corrected chi connectivity index (χ0v) is 14.3. The van der Waals surface area contributed by atoms with E-state index in [2.05, 4.69) is 0 Å². The molecule has 0 radical (unpaired) electrons. The highest BCUT2D eigenvalue weighted by Gasteiger charge is 2.13. The maximum atomic E-state index is 14.5. The summed E-state index contributed by atoms with van der Waals surface area (Å²) in [5.74, 6) is -1.29. The largest absolute Gasteiger partial charge is 0.490 e. The van der Waals surface area contributed by atoms with Crippen LogP contribution in [-0.4, -0.2) is 23.6 Å². The number of hydrogen-bond donors (Lipinski definition) is 2. The summed E-state index contributed by atoms with van der Waals surface area (Å²) in [6, 6.07) is 3.41. The lowest BCUT2D eigenvalue weighted by atomic mass is 10.0. The number of aryl methyl sites for hydroxylation is 2. The molecule has 0 aromatic heterocycles. The summed E-state index contributed by atoms with van der Waals surface area (Å²) in [6.45, 7) is 4.10. The van der Waals surface area contributed by atoms with Gasteiger partial charge in [0.1, 0.15) is 0 Å². The van der Waals surface area contributed by atoms with E-state index >= 15 is 0 Å². The fourth-order valence-corrected chi connectivity index (χ4v) is 2.39. The van der Waals surface area contributed by atoms with Gasteiger partial charge in [0.25, 0.3) is 0 Å². The molecule has 0 saturated carbocycles. The van der Waals surface area contributed by atoms with Gasteiger partial charge in [-0.25, -0.2) is 4.39 Å². The highest BCUT2D eigenvalue weighted by molar-refractivity contribution is 5.73. The SMILES string of the molecule is Cc1cc(CCCCC(=O)O)c(F)c(OC[C@@H](C)CCC(N)=O)c1. The summed E-state index contributed by atoms with van der Waals surface area (Å²) in [5.41, 5.74) is 6.55. The first-order chi connectivity index (χ1) is 11.3. The molecule has 1 aromatic carbocycles. The molecule has 3 N–H and O–H groups in total. The summed E-state index contributed by atoms with van der Waals surface area (Å²) < 4.78 is 20.1. The van der Waals surface area contributed by atoms with Crippen LogP contribution in [0.2, 0.25) is 0 Å². The van der Waals surface area contributed by atoms with E-state index in [9.17, 15) is 14.0 Å². The van der Waals surface area contributed by atoms with Gasteiger partial charge in [0.2, 0.25) is 5.91 Å². The van der Waals surface area contributed by atoms with Crippen molar-refractivity contribution in [2.24, 2.45) is 11.7 Å². The number of primary amides is 1. The lowest BCUT2D eigenvalue weighted by molar-refractivity contribution is -0.137. The number of unbranched alkanes of at least 4 members (excludes halogenated alkanes) is 1. The molecule has 0 heterocycles. The zero-order valence-electron chi connectivity index (χ0n) is 14.3. The lowest BCUT2D eigenvalue weighted by Crippen LogP contribution is -2.15. The average Bonchev–Trinajstić information content (AvgIpc) is 2.50. The first-order valence-corrected chi connectivity index (χ1v) is 8.21. The molecular formula is C18H26FNO4. The third-order valence-electron chi connectivity index (χ3n) is 3.75. The van der Waals surface area contributed by atoms with Crippen molar-refractivity contribution in [1.82, 2.24) is 0 Å². The number of hydrogen-bond acceptors (Lipinski definition) is 3. The van der Waals surface area contributed by atoms with Crippen LogP contribution in [0.25, 0.3) is 0 Å². The summed E-state index contributed by atoms with van der Waals surface area (Å²) in [4.78, 5) is 21.3. The predicted molar refractivity (Wildman–Crippen MR) is 89.4 cm³/mol. The smallest absolute Gasteiger partial charge is 0.303 e. The van der Waals surface area contributed by atoms with Crippen molar-refractivity contribution in [3.05, 3.63) is 29.1 Å². The van der Waals surface area contributed by atoms with Crippen molar-refractivity contribution < 1.29 is 23.8 Å². The monoisotopic (exact) mass is 339 g/mol. The van der Waals surface area contributed by atoms with Gasteiger partial charge in [0.05, 0.1) is 6.61 Å². The minimum absolute atomic E-state index is 0.0914. The molecule has 24 heavy (non-hydrogen) atoms. The van der Waals surface area contributed by atoms with E-state index in [0.717, 1.165) is 5.56 Å². The first kappa shape index (κ1) is 19.9. The number of nitrogens with two attached hydrogens (primary N) is 1. The van der Waals surface area contributed by atoms with E-state index in [0.29, 0.717) is 37.9 Å². The van der Waals surface area contributed by atoms with Crippen molar-refractivity contribution in [2.75, 3.05) is 6.61 Å². The van der Waals surface area contributed by atoms with E-state index in [1.807, 2.05) is 13.8 Å². The van der Waals surface area contributed by atoms with Crippen LogP contribution < -0.4 is 10.5 Å². The number of rotatable bonds is 11. The van der Waals surface area contributed by atoms with E-state index in [1.165, 1.54) is 0 Å². The Hall–Kier alpha value is -2.11. The van der Waals surface area contributed by atoms with Gasteiger partial charge in [-0.05, 0) is 55.7 Å². The second kappa shape index (κ2) is 9.90. The van der Waals surface area contributed by atoms with Crippen LogP contribution >= 0.6 is 0 Å². The van der Waals surface area contributed by atoms with Gasteiger partial charge in [-0.2, -0.15) is 0 Å². The van der Waals surface area contributed by atoms with Crippen LogP contribution in [-0.2, 0) is 16.0 Å². The molecule has 0 saturated heterocycles. The number of carbonyl (C=O) groups excluding carboxylic acids is 1. The Morgan fingerprint density at radius 1 is 1.29 bits per heavy atom. The fourth-order valence-electron chi connectivity index (χ4n) is 2.39. The van der Waals surface area contributed by atoms with Gasteiger partial charge in [0.15, 0.2) is 11.6 Å². The minimum atomic E-state index is -0.839. The maximum absolute atomic E-state index is 14.5. The van der Waals surface area contributed by atoms with Crippen molar-refractivity contribution in [3.63, 3.8) is 0 Å². The molecule has 5 nitrogen and oxygen atoms in total.